The lowest BCUT2D eigenvalue weighted by molar-refractivity contribution is -0.139. The van der Waals surface area contributed by atoms with Gasteiger partial charge in [-0.15, -0.1) is 0 Å². The average molecular weight is 655 g/mol. The second-order valence-electron chi connectivity index (χ2n) is 11.6. The molecular weight excluding hydrogens is 617 g/mol. The number of ether oxygens (including phenoxy) is 2. The Bertz CT molecular complexity index is 1680. The highest BCUT2D eigenvalue weighted by Gasteiger charge is 2.44. The maximum Gasteiger partial charge on any atom is 0.328 e. The van der Waals surface area contributed by atoms with Gasteiger partial charge >= 0.3 is 11.9 Å². The van der Waals surface area contributed by atoms with Crippen LogP contribution in [0.4, 0.5) is 11.4 Å². The molecule has 3 aromatic carbocycles. The number of aliphatic carboxylic acids is 2. The molecule has 3 N–H and O–H groups in total. The van der Waals surface area contributed by atoms with Crippen LogP contribution in [-0.2, 0) is 26.0 Å². The number of fused-ring (bicyclic) bond motifs is 3. The van der Waals surface area contributed by atoms with Crippen LogP contribution in [0.5, 0.6) is 11.5 Å². The van der Waals surface area contributed by atoms with Crippen molar-refractivity contribution in [1.29, 1.82) is 0 Å². The number of aryl methyl sites for hydroxylation is 1. The first kappa shape index (κ1) is 32.5. The van der Waals surface area contributed by atoms with Gasteiger partial charge in [0.2, 0.25) is 0 Å². The average Bonchev–Trinajstić information content (AvgIpc) is 3.80. The number of anilines is 2. The number of nitrogens with zero attached hydrogens (tertiary/aromatic N) is 1. The Hall–Kier alpha value is -3.90. The Morgan fingerprint density at radius 1 is 1.13 bits per heavy atom. The number of carboxylic acid groups (broad SMARTS) is 2. The lowest BCUT2D eigenvalue weighted by Crippen LogP contribution is -2.45. The molecule has 240 valence electrons. The number of nitrogens with one attached hydrogen (secondary N) is 1. The van der Waals surface area contributed by atoms with Gasteiger partial charge in [-0.05, 0) is 103 Å². The Morgan fingerprint density at radius 2 is 1.89 bits per heavy atom. The molecule has 3 aromatic rings. The first-order chi connectivity index (χ1) is 21.4. The molecule has 0 bridgehead atoms. The van der Waals surface area contributed by atoms with Crippen LogP contribution < -0.4 is 19.9 Å². The van der Waals surface area contributed by atoms with Crippen LogP contribution in [0.1, 0.15) is 41.9 Å². The largest absolute Gasteiger partial charge is 0.494 e. The van der Waals surface area contributed by atoms with Crippen LogP contribution >= 0.6 is 11.8 Å². The summed E-state index contributed by atoms with van der Waals surface area (Å²) < 4.78 is 34.9. The summed E-state index contributed by atoms with van der Waals surface area (Å²) >= 11 is 1.58. The van der Waals surface area contributed by atoms with Crippen molar-refractivity contribution in [3.63, 3.8) is 0 Å². The summed E-state index contributed by atoms with van der Waals surface area (Å²) in [6.45, 7) is 2.60. The molecule has 2 aliphatic rings. The smallest absolute Gasteiger partial charge is 0.328 e. The molecule has 1 heterocycles. The van der Waals surface area contributed by atoms with E-state index in [4.69, 9.17) is 9.47 Å². The number of hydrogen-bond acceptors (Lipinski definition) is 9. The van der Waals surface area contributed by atoms with Gasteiger partial charge < -0.3 is 19.7 Å². The molecule has 45 heavy (non-hydrogen) atoms. The molecule has 0 aromatic heterocycles. The maximum absolute atomic E-state index is 12.6. The van der Waals surface area contributed by atoms with E-state index < -0.39 is 27.8 Å². The van der Waals surface area contributed by atoms with Gasteiger partial charge in [-0.2, -0.15) is 11.8 Å². The first-order valence-electron chi connectivity index (χ1n) is 14.8. The summed E-state index contributed by atoms with van der Waals surface area (Å²) in [6.07, 6.45) is 4.57. The molecule has 1 saturated carbocycles. The predicted octanol–water partition coefficient (Wildman–Crippen LogP) is 5.60. The van der Waals surface area contributed by atoms with E-state index in [1.54, 1.807) is 16.8 Å². The van der Waals surface area contributed by atoms with Gasteiger partial charge in [0.25, 0.3) is 0 Å². The number of hydrogen-bond donors (Lipinski definition) is 3. The van der Waals surface area contributed by atoms with Gasteiger partial charge in [0, 0.05) is 17.4 Å². The van der Waals surface area contributed by atoms with Crippen LogP contribution in [-0.4, -0.2) is 67.2 Å². The molecular formula is C33H38N2O8S2. The molecule has 0 spiro atoms. The quantitative estimate of drug-likeness (QED) is 0.139. The number of benzene rings is 3. The van der Waals surface area contributed by atoms with Crippen LogP contribution in [0.15, 0.2) is 54.6 Å². The molecule has 1 aliphatic heterocycles. The van der Waals surface area contributed by atoms with Gasteiger partial charge in [-0.25, -0.2) is 13.2 Å². The van der Waals surface area contributed by atoms with Crippen molar-refractivity contribution in [2.75, 3.05) is 41.1 Å². The number of carboxylic acids is 2. The van der Waals surface area contributed by atoms with Crippen LogP contribution in [0.2, 0.25) is 0 Å². The van der Waals surface area contributed by atoms with E-state index in [1.165, 1.54) is 6.26 Å². The molecule has 0 unspecified atom stereocenters. The second-order valence-corrected chi connectivity index (χ2v) is 14.8. The molecule has 5 rings (SSSR count). The summed E-state index contributed by atoms with van der Waals surface area (Å²) in [5.74, 6) is -0.0579. The van der Waals surface area contributed by atoms with Crippen molar-refractivity contribution in [2.45, 2.75) is 44.8 Å². The van der Waals surface area contributed by atoms with Crippen molar-refractivity contribution in [2.24, 2.45) is 5.92 Å². The van der Waals surface area contributed by atoms with Crippen LogP contribution in [0, 0.1) is 12.8 Å². The number of rotatable bonds is 15. The van der Waals surface area contributed by atoms with Crippen LogP contribution in [0.3, 0.4) is 0 Å². The summed E-state index contributed by atoms with van der Waals surface area (Å²) in [4.78, 5) is 23.9. The lowest BCUT2D eigenvalue weighted by Gasteiger charge is -2.33. The van der Waals surface area contributed by atoms with Gasteiger partial charge in [0.05, 0.1) is 29.7 Å². The van der Waals surface area contributed by atoms with E-state index in [9.17, 15) is 28.2 Å². The molecule has 0 amide bonds. The fraction of sp³-hybridized carbons (Fsp3) is 0.394. The standard InChI is InChI=1S/C33H38N2O8S2/c1-20-15-25(42-12-4-14-45(3,40)41)16-22-19-43-30-10-9-24(17-28(30)31(20)22)35(29(33(38)39)11-13-44-2)34-23-7-5-21(6-8-23)26-18-27(26)32(36)37/h5-10,15-17,26-27,29,34H,4,11-14,18-19H2,1-3H3,(H,36,37)(H,38,39)/t26-,27+,29+/m1/s1. The molecule has 10 nitrogen and oxygen atoms in total. The van der Waals surface area contributed by atoms with E-state index in [1.807, 2.05) is 67.8 Å². The summed E-state index contributed by atoms with van der Waals surface area (Å²) in [5, 5.41) is 21.3. The number of carbonyl (C=O) groups is 2. The zero-order chi connectivity index (χ0) is 32.3. The van der Waals surface area contributed by atoms with Crippen molar-refractivity contribution in [1.82, 2.24) is 0 Å². The topological polar surface area (TPSA) is 142 Å². The fourth-order valence-corrected chi connectivity index (χ4v) is 6.86. The second kappa shape index (κ2) is 13.6. The Morgan fingerprint density at radius 3 is 2.53 bits per heavy atom. The minimum absolute atomic E-state index is 0.00311. The Balaban J connectivity index is 1.43. The molecule has 1 fully saturated rings. The van der Waals surface area contributed by atoms with Crippen molar-refractivity contribution >= 4 is 44.9 Å². The fourth-order valence-electron chi connectivity index (χ4n) is 5.76. The van der Waals surface area contributed by atoms with E-state index in [0.29, 0.717) is 54.5 Å². The third-order valence-corrected chi connectivity index (χ3v) is 9.78. The SMILES string of the molecule is CSCC[C@@H](C(=O)O)N(Nc1ccc([C@H]2C[C@@H]2C(=O)O)cc1)c1ccc2c(c1)-c1c(C)cc(OCCCS(C)(=O)=O)cc1CO2. The molecule has 3 atom stereocenters. The Labute approximate surface area is 267 Å². The third kappa shape index (κ3) is 7.85. The van der Waals surface area contributed by atoms with Crippen molar-refractivity contribution in [3.05, 3.63) is 71.3 Å². The predicted molar refractivity (Wildman–Crippen MR) is 176 cm³/mol. The maximum atomic E-state index is 12.6. The summed E-state index contributed by atoms with van der Waals surface area (Å²) in [6, 6.07) is 16.1. The molecule has 12 heteroatoms. The Kier molecular flexibility index (Phi) is 9.83. The third-order valence-electron chi connectivity index (χ3n) is 8.10. The van der Waals surface area contributed by atoms with Crippen LogP contribution in [0.25, 0.3) is 11.1 Å². The summed E-state index contributed by atoms with van der Waals surface area (Å²) in [5.41, 5.74) is 9.31. The molecule has 1 aliphatic carbocycles. The monoisotopic (exact) mass is 654 g/mol. The van der Waals surface area contributed by atoms with E-state index in [2.05, 4.69) is 5.43 Å². The minimum Gasteiger partial charge on any atom is -0.494 e. The van der Waals surface area contributed by atoms with E-state index in [-0.39, 0.29) is 24.2 Å². The summed E-state index contributed by atoms with van der Waals surface area (Å²) in [7, 11) is -3.06. The number of sulfone groups is 1. The van der Waals surface area contributed by atoms with Gasteiger partial charge in [-0.1, -0.05) is 12.1 Å². The van der Waals surface area contributed by atoms with Gasteiger partial charge in [0.1, 0.15) is 34.0 Å². The zero-order valence-corrected chi connectivity index (χ0v) is 27.1. The highest BCUT2D eigenvalue weighted by molar-refractivity contribution is 7.98. The van der Waals surface area contributed by atoms with Crippen molar-refractivity contribution in [3.8, 4) is 22.6 Å². The first-order valence-corrected chi connectivity index (χ1v) is 18.2. The minimum atomic E-state index is -3.06. The highest BCUT2D eigenvalue weighted by atomic mass is 32.2. The van der Waals surface area contributed by atoms with E-state index >= 15 is 0 Å². The molecule has 0 saturated heterocycles. The van der Waals surface area contributed by atoms with Gasteiger partial charge in [-0.3, -0.25) is 15.2 Å². The zero-order valence-electron chi connectivity index (χ0n) is 25.5. The van der Waals surface area contributed by atoms with Gasteiger partial charge in [0.15, 0.2) is 0 Å². The van der Waals surface area contributed by atoms with Crippen molar-refractivity contribution < 1.29 is 37.7 Å². The normalized spacial score (nSPS) is 17.3. The number of thioether (sulfide) groups is 1. The number of hydrazine groups is 1. The van der Waals surface area contributed by atoms with E-state index in [0.717, 1.165) is 27.8 Å². The molecule has 0 radical (unpaired) electrons. The lowest BCUT2D eigenvalue weighted by atomic mass is 9.92. The highest BCUT2D eigenvalue weighted by Crippen LogP contribution is 2.48.